The fourth-order valence-corrected chi connectivity index (χ4v) is 4.28. The Morgan fingerprint density at radius 3 is 2.66 bits per heavy atom. The average Bonchev–Trinajstić information content (AvgIpc) is 3.27. The van der Waals surface area contributed by atoms with E-state index in [1.54, 1.807) is 30.5 Å². The molecule has 10 heteroatoms. The van der Waals surface area contributed by atoms with Gasteiger partial charge in [0.15, 0.2) is 5.13 Å². The summed E-state index contributed by atoms with van der Waals surface area (Å²) in [5, 5.41) is 12.5. The van der Waals surface area contributed by atoms with Crippen molar-refractivity contribution in [3.63, 3.8) is 0 Å². The zero-order valence-electron chi connectivity index (χ0n) is 17.3. The quantitative estimate of drug-likeness (QED) is 0.591. The minimum Gasteiger partial charge on any atom is -0.469 e. The summed E-state index contributed by atoms with van der Waals surface area (Å²) in [6, 6.07) is 10.9. The molecule has 0 radical (unpaired) electrons. The minimum absolute atomic E-state index is 0.0751. The third-order valence-electron chi connectivity index (χ3n) is 5.22. The predicted molar refractivity (Wildman–Crippen MR) is 119 cm³/mol. The third-order valence-corrected chi connectivity index (χ3v) is 6.10. The number of nitrogens with zero attached hydrogens (tertiary/aromatic N) is 5. The van der Waals surface area contributed by atoms with Crippen molar-refractivity contribution in [1.82, 2.24) is 15.0 Å². The van der Waals surface area contributed by atoms with Crippen LogP contribution in [0.25, 0.3) is 11.4 Å². The maximum absolute atomic E-state index is 12.7. The Balaban J connectivity index is 1.41. The van der Waals surface area contributed by atoms with Crippen molar-refractivity contribution in [3.8, 4) is 17.5 Å². The highest BCUT2D eigenvalue weighted by molar-refractivity contribution is 7.16. The van der Waals surface area contributed by atoms with Crippen LogP contribution >= 0.6 is 11.3 Å². The van der Waals surface area contributed by atoms with E-state index in [9.17, 15) is 14.9 Å². The van der Waals surface area contributed by atoms with E-state index in [1.807, 2.05) is 6.07 Å². The van der Waals surface area contributed by atoms with Crippen molar-refractivity contribution in [2.45, 2.75) is 12.8 Å². The number of aromatic nitrogens is 3. The molecule has 1 N–H and O–H groups in total. The molecule has 32 heavy (non-hydrogen) atoms. The lowest BCUT2D eigenvalue weighted by molar-refractivity contribution is -0.146. The van der Waals surface area contributed by atoms with Gasteiger partial charge in [0.2, 0.25) is 0 Å². The number of carbonyl (C=O) groups excluding carboxylic acids is 2. The van der Waals surface area contributed by atoms with Crippen LogP contribution in [-0.4, -0.2) is 47.0 Å². The van der Waals surface area contributed by atoms with Gasteiger partial charge in [0.1, 0.15) is 22.5 Å². The third kappa shape index (κ3) is 4.58. The van der Waals surface area contributed by atoms with E-state index in [0.717, 1.165) is 17.2 Å². The number of carbonyl (C=O) groups is 2. The molecule has 0 spiro atoms. The molecule has 162 valence electrons. The van der Waals surface area contributed by atoms with E-state index in [4.69, 9.17) is 4.74 Å². The number of esters is 1. The van der Waals surface area contributed by atoms with Gasteiger partial charge in [0.25, 0.3) is 5.91 Å². The first-order valence-corrected chi connectivity index (χ1v) is 10.8. The van der Waals surface area contributed by atoms with Gasteiger partial charge in [-0.05, 0) is 37.1 Å². The van der Waals surface area contributed by atoms with Crippen molar-refractivity contribution >= 4 is 34.2 Å². The molecule has 3 aromatic rings. The Bertz CT molecular complexity index is 1150. The highest BCUT2D eigenvalue weighted by atomic mass is 32.1. The van der Waals surface area contributed by atoms with Gasteiger partial charge in [-0.1, -0.05) is 17.4 Å². The topological polar surface area (TPSA) is 121 Å². The largest absolute Gasteiger partial charge is 0.469 e. The number of nitriles is 1. The highest BCUT2D eigenvalue weighted by Gasteiger charge is 2.26. The Kier molecular flexibility index (Phi) is 6.37. The second-order valence-corrected chi connectivity index (χ2v) is 8.17. The van der Waals surface area contributed by atoms with E-state index in [0.29, 0.717) is 52.9 Å². The van der Waals surface area contributed by atoms with Gasteiger partial charge in [-0.3, -0.25) is 19.9 Å². The first kappa shape index (κ1) is 21.4. The van der Waals surface area contributed by atoms with Gasteiger partial charge in [-0.15, -0.1) is 0 Å². The lowest BCUT2D eigenvalue weighted by Gasteiger charge is -2.31. The highest BCUT2D eigenvalue weighted by Crippen LogP contribution is 2.29. The van der Waals surface area contributed by atoms with Crippen LogP contribution in [0.3, 0.4) is 0 Å². The van der Waals surface area contributed by atoms with Crippen LogP contribution in [0.2, 0.25) is 0 Å². The Morgan fingerprint density at radius 2 is 2.03 bits per heavy atom. The molecular formula is C22H20N6O3S. The maximum Gasteiger partial charge on any atom is 0.308 e. The van der Waals surface area contributed by atoms with Crippen LogP contribution in [0.1, 0.15) is 28.1 Å². The number of nitrogens with one attached hydrogen (secondary N) is 1. The molecule has 9 nitrogen and oxygen atoms in total. The molecule has 4 rings (SSSR count). The first-order chi connectivity index (χ1) is 15.6. The molecule has 0 atom stereocenters. The molecule has 0 unspecified atom stereocenters. The van der Waals surface area contributed by atoms with E-state index < -0.39 is 0 Å². The number of hydrogen-bond donors (Lipinski definition) is 1. The molecular weight excluding hydrogens is 428 g/mol. The molecule has 0 aliphatic carbocycles. The van der Waals surface area contributed by atoms with Crippen molar-refractivity contribution in [2.24, 2.45) is 5.92 Å². The first-order valence-electron chi connectivity index (χ1n) is 10.0. The van der Waals surface area contributed by atoms with Crippen LogP contribution in [0, 0.1) is 17.2 Å². The van der Waals surface area contributed by atoms with E-state index in [1.165, 1.54) is 13.3 Å². The summed E-state index contributed by atoms with van der Waals surface area (Å²) in [5.74, 6) is 0.147. The number of amides is 1. The number of anilines is 2. The second kappa shape index (κ2) is 9.53. The molecule has 0 aromatic carbocycles. The normalized spacial score (nSPS) is 13.9. The summed E-state index contributed by atoms with van der Waals surface area (Å²) >= 11 is 1.10. The SMILES string of the molecule is COC(=O)C1CCN(c2ccc(C(=O)Nc3nc(-c4ccccn4)c(C#N)s3)cn2)CC1. The van der Waals surface area contributed by atoms with Gasteiger partial charge >= 0.3 is 5.97 Å². The number of ether oxygens (including phenoxy) is 1. The Morgan fingerprint density at radius 1 is 1.22 bits per heavy atom. The summed E-state index contributed by atoms with van der Waals surface area (Å²) in [4.78, 5) is 39.8. The standard InChI is InChI=1S/C22H20N6O3S/c1-31-21(30)14-7-10-28(11-8-14)18-6-5-15(13-25-18)20(29)27-22-26-19(17(12-23)32-22)16-4-2-3-9-24-16/h2-6,9,13-14H,7-8,10-11H2,1H3,(H,26,27,29). The van der Waals surface area contributed by atoms with Crippen molar-refractivity contribution in [3.05, 3.63) is 53.2 Å². The molecule has 4 heterocycles. The maximum atomic E-state index is 12.7. The zero-order valence-corrected chi connectivity index (χ0v) is 18.1. The minimum atomic E-state index is -0.362. The van der Waals surface area contributed by atoms with Crippen LogP contribution in [0.15, 0.2) is 42.7 Å². The van der Waals surface area contributed by atoms with Gasteiger partial charge in [-0.25, -0.2) is 9.97 Å². The smallest absolute Gasteiger partial charge is 0.308 e. The van der Waals surface area contributed by atoms with Crippen molar-refractivity contribution < 1.29 is 14.3 Å². The number of rotatable bonds is 5. The molecule has 0 saturated carbocycles. The fourth-order valence-electron chi connectivity index (χ4n) is 3.51. The summed E-state index contributed by atoms with van der Waals surface area (Å²) in [6.07, 6.45) is 4.55. The molecule has 0 bridgehead atoms. The van der Waals surface area contributed by atoms with Crippen LogP contribution in [-0.2, 0) is 9.53 Å². The zero-order chi connectivity index (χ0) is 22.5. The molecule has 1 aliphatic rings. The molecule has 1 saturated heterocycles. The summed E-state index contributed by atoms with van der Waals surface area (Å²) in [5.41, 5.74) is 1.39. The monoisotopic (exact) mass is 448 g/mol. The van der Waals surface area contributed by atoms with Gasteiger partial charge < -0.3 is 9.64 Å². The Labute approximate surface area is 188 Å². The molecule has 3 aromatic heterocycles. The summed E-state index contributed by atoms with van der Waals surface area (Å²) in [6.45, 7) is 1.40. The van der Waals surface area contributed by atoms with Gasteiger partial charge in [0, 0.05) is 25.5 Å². The van der Waals surface area contributed by atoms with Gasteiger partial charge in [0.05, 0.1) is 24.3 Å². The molecule has 1 aliphatic heterocycles. The van der Waals surface area contributed by atoms with Crippen molar-refractivity contribution in [1.29, 1.82) is 5.26 Å². The van der Waals surface area contributed by atoms with Gasteiger partial charge in [-0.2, -0.15) is 5.26 Å². The summed E-state index contributed by atoms with van der Waals surface area (Å²) in [7, 11) is 1.41. The van der Waals surface area contributed by atoms with Crippen LogP contribution < -0.4 is 10.2 Å². The van der Waals surface area contributed by atoms with Crippen LogP contribution in [0.4, 0.5) is 10.9 Å². The van der Waals surface area contributed by atoms with E-state index in [2.05, 4.69) is 31.2 Å². The number of piperidine rings is 1. The number of pyridine rings is 2. The lowest BCUT2D eigenvalue weighted by atomic mass is 9.97. The number of hydrogen-bond acceptors (Lipinski definition) is 9. The van der Waals surface area contributed by atoms with Crippen LogP contribution in [0.5, 0.6) is 0 Å². The Hall–Kier alpha value is -3.84. The lowest BCUT2D eigenvalue weighted by Crippen LogP contribution is -2.37. The average molecular weight is 449 g/mol. The number of thiazole rings is 1. The van der Waals surface area contributed by atoms with E-state index in [-0.39, 0.29) is 17.8 Å². The molecule has 1 fully saturated rings. The number of methoxy groups -OCH3 is 1. The van der Waals surface area contributed by atoms with E-state index >= 15 is 0 Å². The summed E-state index contributed by atoms with van der Waals surface area (Å²) < 4.78 is 4.82. The van der Waals surface area contributed by atoms with Crippen molar-refractivity contribution in [2.75, 3.05) is 30.4 Å². The second-order valence-electron chi connectivity index (χ2n) is 7.17. The molecule has 1 amide bonds. The fraction of sp³-hybridized carbons (Fsp3) is 0.273. The predicted octanol–water partition coefficient (Wildman–Crippen LogP) is 3.11.